The van der Waals surface area contributed by atoms with Gasteiger partial charge in [0.1, 0.15) is 18.0 Å². The number of nitrogens with one attached hydrogen (secondary N) is 2. The van der Waals surface area contributed by atoms with E-state index in [1.807, 2.05) is 20.8 Å². The van der Waals surface area contributed by atoms with Gasteiger partial charge in [-0.25, -0.2) is 4.39 Å². The minimum Gasteiger partial charge on any atom is -0.459 e. The number of hydrogen-bond acceptors (Lipinski definition) is 3. The average molecular weight is 295 g/mol. The fourth-order valence-corrected chi connectivity index (χ4v) is 1.54. The molecule has 0 aromatic heterocycles. The standard InChI is InChI=1S/C15H22FN3O2/c1-15(2,3)21-13(20)10-19-14(17-4)18-9-11-5-7-12(16)8-6-11/h5-8H,9-10H2,1-4H3,(H2,17,18,19). The van der Waals surface area contributed by atoms with Crippen molar-refractivity contribution in [1.29, 1.82) is 0 Å². The van der Waals surface area contributed by atoms with Crippen LogP contribution in [0.15, 0.2) is 29.3 Å². The molecule has 0 heterocycles. The van der Waals surface area contributed by atoms with Crippen molar-refractivity contribution >= 4 is 11.9 Å². The van der Waals surface area contributed by atoms with E-state index in [1.165, 1.54) is 12.1 Å². The molecule has 0 aliphatic heterocycles. The molecule has 0 atom stereocenters. The number of rotatable bonds is 4. The third-order valence-corrected chi connectivity index (χ3v) is 2.42. The molecule has 0 saturated heterocycles. The van der Waals surface area contributed by atoms with Gasteiger partial charge in [-0.05, 0) is 38.5 Å². The van der Waals surface area contributed by atoms with Gasteiger partial charge < -0.3 is 15.4 Å². The van der Waals surface area contributed by atoms with Crippen molar-refractivity contribution in [1.82, 2.24) is 10.6 Å². The van der Waals surface area contributed by atoms with Crippen LogP contribution in [0.4, 0.5) is 4.39 Å². The van der Waals surface area contributed by atoms with Gasteiger partial charge in [-0.15, -0.1) is 0 Å². The SMILES string of the molecule is CN=C(NCC(=O)OC(C)(C)C)NCc1ccc(F)cc1. The third-order valence-electron chi connectivity index (χ3n) is 2.42. The molecule has 116 valence electrons. The number of esters is 1. The number of ether oxygens (including phenoxy) is 1. The quantitative estimate of drug-likeness (QED) is 0.505. The summed E-state index contributed by atoms with van der Waals surface area (Å²) in [5.74, 6) is -0.149. The summed E-state index contributed by atoms with van der Waals surface area (Å²) in [5.41, 5.74) is 0.403. The predicted octanol–water partition coefficient (Wildman–Crippen LogP) is 1.83. The minimum absolute atomic E-state index is 0.0281. The number of carbonyl (C=O) groups excluding carboxylic acids is 1. The highest BCUT2D eigenvalue weighted by molar-refractivity contribution is 5.84. The van der Waals surface area contributed by atoms with Crippen LogP contribution >= 0.6 is 0 Å². The van der Waals surface area contributed by atoms with Gasteiger partial charge in [0.2, 0.25) is 0 Å². The first-order valence-electron chi connectivity index (χ1n) is 6.71. The summed E-state index contributed by atoms with van der Waals surface area (Å²) in [4.78, 5) is 15.6. The van der Waals surface area contributed by atoms with Gasteiger partial charge in [0.25, 0.3) is 0 Å². The van der Waals surface area contributed by atoms with Crippen molar-refractivity contribution in [2.24, 2.45) is 4.99 Å². The second kappa shape index (κ2) is 7.61. The van der Waals surface area contributed by atoms with Crippen LogP contribution < -0.4 is 10.6 Å². The maximum atomic E-state index is 12.8. The molecule has 5 nitrogen and oxygen atoms in total. The summed E-state index contributed by atoms with van der Waals surface area (Å²) in [6.45, 7) is 5.94. The van der Waals surface area contributed by atoms with Gasteiger partial charge in [0, 0.05) is 13.6 Å². The molecule has 0 unspecified atom stereocenters. The number of guanidine groups is 1. The van der Waals surface area contributed by atoms with Crippen LogP contribution in [0, 0.1) is 5.82 Å². The Morgan fingerprint density at radius 1 is 1.24 bits per heavy atom. The Morgan fingerprint density at radius 3 is 2.38 bits per heavy atom. The zero-order chi connectivity index (χ0) is 15.9. The van der Waals surface area contributed by atoms with Gasteiger partial charge in [0.05, 0.1) is 0 Å². The predicted molar refractivity (Wildman–Crippen MR) is 80.4 cm³/mol. The number of hydrogen-bond donors (Lipinski definition) is 2. The van der Waals surface area contributed by atoms with E-state index in [4.69, 9.17) is 4.74 Å². The van der Waals surface area contributed by atoms with E-state index in [1.54, 1.807) is 19.2 Å². The molecule has 0 fully saturated rings. The molecule has 6 heteroatoms. The fourth-order valence-electron chi connectivity index (χ4n) is 1.54. The third kappa shape index (κ3) is 7.29. The Kier molecular flexibility index (Phi) is 6.14. The number of carbonyl (C=O) groups is 1. The molecule has 1 aromatic rings. The van der Waals surface area contributed by atoms with E-state index in [0.29, 0.717) is 12.5 Å². The van der Waals surface area contributed by atoms with E-state index in [-0.39, 0.29) is 18.3 Å². The lowest BCUT2D eigenvalue weighted by molar-refractivity contribution is -0.153. The summed E-state index contributed by atoms with van der Waals surface area (Å²) in [6, 6.07) is 6.16. The Hall–Kier alpha value is -2.11. The van der Waals surface area contributed by atoms with E-state index in [2.05, 4.69) is 15.6 Å². The Balaban J connectivity index is 2.39. The Bertz CT molecular complexity index is 493. The summed E-state index contributed by atoms with van der Waals surface area (Å²) in [6.07, 6.45) is 0. The maximum Gasteiger partial charge on any atom is 0.325 e. The molecule has 0 bridgehead atoms. The van der Waals surface area contributed by atoms with Crippen molar-refractivity contribution in [3.8, 4) is 0 Å². The van der Waals surface area contributed by atoms with Crippen molar-refractivity contribution in [2.45, 2.75) is 32.9 Å². The summed E-state index contributed by atoms with van der Waals surface area (Å²) in [5, 5.41) is 5.90. The van der Waals surface area contributed by atoms with Crippen molar-refractivity contribution in [2.75, 3.05) is 13.6 Å². The number of aliphatic imine (C=N–C) groups is 1. The second-order valence-electron chi connectivity index (χ2n) is 5.49. The zero-order valence-electron chi connectivity index (χ0n) is 12.9. The van der Waals surface area contributed by atoms with Crippen molar-refractivity contribution < 1.29 is 13.9 Å². The highest BCUT2D eigenvalue weighted by Crippen LogP contribution is 2.06. The van der Waals surface area contributed by atoms with Crippen LogP contribution in [0.3, 0.4) is 0 Å². The molecule has 0 spiro atoms. The molecule has 0 aliphatic rings. The molecule has 1 aromatic carbocycles. The van der Waals surface area contributed by atoms with E-state index < -0.39 is 5.60 Å². The lowest BCUT2D eigenvalue weighted by Crippen LogP contribution is -2.41. The van der Waals surface area contributed by atoms with E-state index >= 15 is 0 Å². The molecule has 0 aliphatic carbocycles. The first-order chi connectivity index (χ1) is 9.80. The molecule has 1 rings (SSSR count). The number of nitrogens with zero attached hydrogens (tertiary/aromatic N) is 1. The normalized spacial score (nSPS) is 12.0. The second-order valence-corrected chi connectivity index (χ2v) is 5.49. The molecule has 0 amide bonds. The topological polar surface area (TPSA) is 62.7 Å². The van der Waals surface area contributed by atoms with Gasteiger partial charge in [-0.3, -0.25) is 9.79 Å². The largest absolute Gasteiger partial charge is 0.459 e. The fraction of sp³-hybridized carbons (Fsp3) is 0.467. The number of benzene rings is 1. The maximum absolute atomic E-state index is 12.8. The summed E-state index contributed by atoms with van der Waals surface area (Å²) >= 11 is 0. The Labute approximate surface area is 124 Å². The molecule has 0 radical (unpaired) electrons. The van der Waals surface area contributed by atoms with E-state index in [0.717, 1.165) is 5.56 Å². The summed E-state index contributed by atoms with van der Waals surface area (Å²) in [7, 11) is 1.61. The molecular formula is C15H22FN3O2. The highest BCUT2D eigenvalue weighted by Gasteiger charge is 2.16. The lowest BCUT2D eigenvalue weighted by Gasteiger charge is -2.20. The van der Waals surface area contributed by atoms with E-state index in [9.17, 15) is 9.18 Å². The number of halogens is 1. The lowest BCUT2D eigenvalue weighted by atomic mass is 10.2. The smallest absolute Gasteiger partial charge is 0.325 e. The van der Waals surface area contributed by atoms with Crippen LogP contribution in [0.5, 0.6) is 0 Å². The first-order valence-corrected chi connectivity index (χ1v) is 6.71. The molecule has 21 heavy (non-hydrogen) atoms. The highest BCUT2D eigenvalue weighted by atomic mass is 19.1. The van der Waals surface area contributed by atoms with Crippen LogP contribution in [0.25, 0.3) is 0 Å². The van der Waals surface area contributed by atoms with Crippen molar-refractivity contribution in [3.63, 3.8) is 0 Å². The average Bonchev–Trinajstić information content (AvgIpc) is 2.39. The minimum atomic E-state index is -0.510. The molecule has 2 N–H and O–H groups in total. The summed E-state index contributed by atoms with van der Waals surface area (Å²) < 4.78 is 18.0. The monoisotopic (exact) mass is 295 g/mol. The van der Waals surface area contributed by atoms with Gasteiger partial charge in [0.15, 0.2) is 5.96 Å². The van der Waals surface area contributed by atoms with Crippen molar-refractivity contribution in [3.05, 3.63) is 35.6 Å². The first kappa shape index (κ1) is 16.9. The van der Waals surface area contributed by atoms with Crippen LogP contribution in [-0.2, 0) is 16.1 Å². The Morgan fingerprint density at radius 2 is 1.86 bits per heavy atom. The zero-order valence-corrected chi connectivity index (χ0v) is 12.9. The van der Waals surface area contributed by atoms with Crippen LogP contribution in [-0.4, -0.2) is 31.1 Å². The van der Waals surface area contributed by atoms with Gasteiger partial charge >= 0.3 is 5.97 Å². The van der Waals surface area contributed by atoms with Crippen LogP contribution in [0.2, 0.25) is 0 Å². The molecular weight excluding hydrogens is 273 g/mol. The molecule has 0 saturated carbocycles. The van der Waals surface area contributed by atoms with Crippen LogP contribution in [0.1, 0.15) is 26.3 Å². The van der Waals surface area contributed by atoms with Gasteiger partial charge in [-0.2, -0.15) is 0 Å². The van der Waals surface area contributed by atoms with Gasteiger partial charge in [-0.1, -0.05) is 12.1 Å².